The molecular weight excluding hydrogens is 707 g/mol. The number of carbonyl (C=O) groups is 2. The lowest BCUT2D eigenvalue weighted by Crippen LogP contribution is -2.45. The van der Waals surface area contributed by atoms with Crippen LogP contribution < -0.4 is 5.32 Å². The van der Waals surface area contributed by atoms with E-state index in [0.29, 0.717) is 25.9 Å². The lowest BCUT2D eigenvalue weighted by atomic mass is 10.0. The van der Waals surface area contributed by atoms with Crippen LogP contribution in [0.1, 0.15) is 264 Å². The van der Waals surface area contributed by atoms with E-state index in [-0.39, 0.29) is 18.5 Å². The third-order valence-corrected chi connectivity index (χ3v) is 11.5. The summed E-state index contributed by atoms with van der Waals surface area (Å²) in [4.78, 5) is 24.4. The maximum Gasteiger partial charge on any atom is 0.305 e. The van der Waals surface area contributed by atoms with Crippen molar-refractivity contribution in [2.24, 2.45) is 0 Å². The van der Waals surface area contributed by atoms with Crippen molar-refractivity contribution < 1.29 is 24.5 Å². The molecule has 336 valence electrons. The molecule has 1 amide bonds. The molecule has 6 nitrogen and oxygen atoms in total. The molecule has 0 fully saturated rings. The lowest BCUT2D eigenvalue weighted by molar-refractivity contribution is -0.143. The number of aliphatic hydroxyl groups excluding tert-OH is 2. The first kappa shape index (κ1) is 55.3. The number of carbonyl (C=O) groups excluding carboxylic acids is 2. The van der Waals surface area contributed by atoms with Crippen LogP contribution in [0.5, 0.6) is 0 Å². The van der Waals surface area contributed by atoms with Crippen LogP contribution in [-0.4, -0.2) is 47.4 Å². The van der Waals surface area contributed by atoms with Gasteiger partial charge in [-0.05, 0) is 57.8 Å². The fraction of sp³-hybridized carbons (Fsp3) is 0.882. The normalized spacial score (nSPS) is 12.8. The molecule has 0 aliphatic carbocycles. The zero-order valence-electron chi connectivity index (χ0n) is 38.1. The number of nitrogens with one attached hydrogen (secondary N) is 1. The second-order valence-electron chi connectivity index (χ2n) is 17.1. The maximum atomic E-state index is 12.4. The number of amides is 1. The first-order chi connectivity index (χ1) is 28.0. The van der Waals surface area contributed by atoms with Gasteiger partial charge in [0.25, 0.3) is 0 Å². The van der Waals surface area contributed by atoms with Gasteiger partial charge in [0.15, 0.2) is 0 Å². The van der Waals surface area contributed by atoms with Crippen molar-refractivity contribution >= 4 is 11.9 Å². The predicted octanol–water partition coefficient (Wildman–Crippen LogP) is 14.7. The summed E-state index contributed by atoms with van der Waals surface area (Å²) in [6.45, 7) is 4.88. The van der Waals surface area contributed by atoms with Crippen molar-refractivity contribution in [3.8, 4) is 0 Å². The summed E-state index contributed by atoms with van der Waals surface area (Å²) in [5.41, 5.74) is 0. The second-order valence-corrected chi connectivity index (χ2v) is 17.1. The number of hydrogen-bond acceptors (Lipinski definition) is 5. The van der Waals surface area contributed by atoms with Gasteiger partial charge in [0.05, 0.1) is 25.4 Å². The Morgan fingerprint density at radius 3 is 1.37 bits per heavy atom. The zero-order valence-corrected chi connectivity index (χ0v) is 38.1. The molecule has 2 unspecified atom stereocenters. The van der Waals surface area contributed by atoms with E-state index >= 15 is 0 Å². The lowest BCUT2D eigenvalue weighted by Gasteiger charge is -2.22. The average Bonchev–Trinajstić information content (AvgIpc) is 3.21. The smallest absolute Gasteiger partial charge is 0.305 e. The molecule has 0 radical (unpaired) electrons. The Kier molecular flexibility index (Phi) is 45.7. The highest BCUT2D eigenvalue weighted by atomic mass is 16.5. The molecule has 0 aromatic heterocycles. The predicted molar refractivity (Wildman–Crippen MR) is 246 cm³/mol. The maximum absolute atomic E-state index is 12.4. The Morgan fingerprint density at radius 1 is 0.491 bits per heavy atom. The van der Waals surface area contributed by atoms with Gasteiger partial charge in [-0.3, -0.25) is 9.59 Å². The minimum atomic E-state index is -0.670. The molecule has 0 bridgehead atoms. The van der Waals surface area contributed by atoms with Gasteiger partial charge in [0, 0.05) is 12.8 Å². The first-order valence-electron chi connectivity index (χ1n) is 25.1. The van der Waals surface area contributed by atoms with Gasteiger partial charge in [-0.15, -0.1) is 0 Å². The van der Waals surface area contributed by atoms with Crippen LogP contribution >= 0.6 is 0 Å². The summed E-state index contributed by atoms with van der Waals surface area (Å²) < 4.78 is 5.45. The van der Waals surface area contributed by atoms with E-state index < -0.39 is 12.1 Å². The van der Waals surface area contributed by atoms with Crippen LogP contribution in [0.3, 0.4) is 0 Å². The van der Waals surface area contributed by atoms with Gasteiger partial charge in [-0.2, -0.15) is 0 Å². The molecule has 57 heavy (non-hydrogen) atoms. The molecule has 0 heterocycles. The van der Waals surface area contributed by atoms with Gasteiger partial charge in [0.2, 0.25) is 5.91 Å². The summed E-state index contributed by atoms with van der Waals surface area (Å²) in [6.07, 6.45) is 54.2. The summed E-state index contributed by atoms with van der Waals surface area (Å²) in [5.74, 6) is -0.0641. The number of esters is 1. The van der Waals surface area contributed by atoms with Crippen LogP contribution in [0.25, 0.3) is 0 Å². The van der Waals surface area contributed by atoms with Crippen LogP contribution in [0.4, 0.5) is 0 Å². The summed E-state index contributed by atoms with van der Waals surface area (Å²) in [5, 5.41) is 23.1. The van der Waals surface area contributed by atoms with Crippen LogP contribution in [0.2, 0.25) is 0 Å². The average molecular weight is 804 g/mol. The van der Waals surface area contributed by atoms with E-state index in [1.807, 2.05) is 0 Å². The Hall–Kier alpha value is -1.66. The van der Waals surface area contributed by atoms with Gasteiger partial charge in [-0.25, -0.2) is 0 Å². The zero-order chi connectivity index (χ0) is 41.5. The second kappa shape index (κ2) is 47.0. The van der Waals surface area contributed by atoms with Gasteiger partial charge < -0.3 is 20.3 Å². The number of rotatable bonds is 46. The van der Waals surface area contributed by atoms with E-state index in [9.17, 15) is 19.8 Å². The summed E-state index contributed by atoms with van der Waals surface area (Å²) in [7, 11) is 0. The Bertz CT molecular complexity index is 889. The van der Waals surface area contributed by atoms with Crippen molar-refractivity contribution in [3.05, 3.63) is 24.3 Å². The van der Waals surface area contributed by atoms with Crippen molar-refractivity contribution in [2.45, 2.75) is 276 Å². The molecule has 0 aromatic carbocycles. The molecule has 3 N–H and O–H groups in total. The van der Waals surface area contributed by atoms with E-state index in [2.05, 4.69) is 43.5 Å². The van der Waals surface area contributed by atoms with E-state index in [1.165, 1.54) is 173 Å². The number of ether oxygens (including phenoxy) is 1. The van der Waals surface area contributed by atoms with E-state index in [1.54, 1.807) is 0 Å². The Labute approximate surface area is 354 Å². The van der Waals surface area contributed by atoms with Crippen LogP contribution in [0, 0.1) is 0 Å². The molecule has 2 atom stereocenters. The van der Waals surface area contributed by atoms with E-state index in [0.717, 1.165) is 57.8 Å². The SMILES string of the molecule is CCCCC/C=C\C/C=C\CCCCCCCC(=O)OCCCCCCCCCCCCCCCCC(=O)NC(CO)C(O)CCCCCCCCCCCCC. The highest BCUT2D eigenvalue weighted by Gasteiger charge is 2.20. The minimum Gasteiger partial charge on any atom is -0.466 e. The fourth-order valence-corrected chi connectivity index (χ4v) is 7.61. The largest absolute Gasteiger partial charge is 0.466 e. The van der Waals surface area contributed by atoms with Crippen LogP contribution in [0.15, 0.2) is 24.3 Å². The molecule has 0 saturated heterocycles. The molecule has 0 aliphatic rings. The van der Waals surface area contributed by atoms with Crippen molar-refractivity contribution in [1.82, 2.24) is 5.32 Å². The summed E-state index contributed by atoms with van der Waals surface area (Å²) in [6, 6.07) is -0.548. The van der Waals surface area contributed by atoms with Gasteiger partial charge in [0.1, 0.15) is 0 Å². The molecular formula is C51H97NO5. The highest BCUT2D eigenvalue weighted by molar-refractivity contribution is 5.76. The third kappa shape index (κ3) is 43.7. The topological polar surface area (TPSA) is 95.9 Å². The van der Waals surface area contributed by atoms with Crippen molar-refractivity contribution in [1.29, 1.82) is 0 Å². The molecule has 0 rings (SSSR count). The number of unbranched alkanes of at least 4 members (excludes halogenated alkanes) is 31. The quantitative estimate of drug-likeness (QED) is 0.0324. The number of hydrogen-bond donors (Lipinski definition) is 3. The molecule has 0 saturated carbocycles. The van der Waals surface area contributed by atoms with Crippen LogP contribution in [-0.2, 0) is 14.3 Å². The Morgan fingerprint density at radius 2 is 0.877 bits per heavy atom. The molecule has 0 aliphatic heterocycles. The standard InChI is InChI=1S/C51H97NO5/c1-3-5-7-9-11-13-15-16-17-21-25-29-33-37-41-45-51(56)57-46-42-38-34-30-26-22-19-18-20-24-28-32-36-40-44-50(55)52-48(47-53)49(54)43-39-35-31-27-23-14-12-10-8-6-4-2/h11,13,16-17,48-49,53-54H,3-10,12,14-15,18-47H2,1-2H3,(H,52,55)/b13-11-,17-16-. The van der Waals surface area contributed by atoms with Crippen molar-refractivity contribution in [3.63, 3.8) is 0 Å². The number of allylic oxidation sites excluding steroid dienone is 4. The monoisotopic (exact) mass is 804 g/mol. The first-order valence-corrected chi connectivity index (χ1v) is 25.1. The van der Waals surface area contributed by atoms with Gasteiger partial charge in [-0.1, -0.05) is 218 Å². The Balaban J connectivity index is 3.44. The third-order valence-electron chi connectivity index (χ3n) is 11.5. The van der Waals surface area contributed by atoms with E-state index in [4.69, 9.17) is 4.74 Å². The molecule has 0 spiro atoms. The van der Waals surface area contributed by atoms with Gasteiger partial charge >= 0.3 is 5.97 Å². The summed E-state index contributed by atoms with van der Waals surface area (Å²) >= 11 is 0. The fourth-order valence-electron chi connectivity index (χ4n) is 7.61. The molecule has 6 heteroatoms. The number of aliphatic hydroxyl groups is 2. The minimum absolute atomic E-state index is 0.0166. The van der Waals surface area contributed by atoms with Crippen molar-refractivity contribution in [2.75, 3.05) is 13.2 Å². The molecule has 0 aromatic rings. The highest BCUT2D eigenvalue weighted by Crippen LogP contribution is 2.16.